The van der Waals surface area contributed by atoms with Crippen molar-refractivity contribution in [3.05, 3.63) is 29.8 Å². The van der Waals surface area contributed by atoms with Crippen molar-refractivity contribution in [2.45, 2.75) is 26.9 Å². The number of hydrogen-bond acceptors (Lipinski definition) is 1. The first kappa shape index (κ1) is 11.1. The summed E-state index contributed by atoms with van der Waals surface area (Å²) in [5.41, 5.74) is 0.807. The highest BCUT2D eigenvalue weighted by atomic mass is 16.5. The molecule has 0 N–H and O–H groups in total. The van der Waals surface area contributed by atoms with Crippen LogP contribution in [0.3, 0.4) is 0 Å². The van der Waals surface area contributed by atoms with E-state index >= 15 is 0 Å². The normalized spacial score (nSPS) is 12.9. The number of hydrogen-bond donors (Lipinski definition) is 0. The van der Waals surface area contributed by atoms with Crippen molar-refractivity contribution in [3.63, 3.8) is 0 Å². The summed E-state index contributed by atoms with van der Waals surface area (Å²) >= 11 is 0. The minimum Gasteiger partial charge on any atom is -0.493 e. The lowest BCUT2D eigenvalue weighted by molar-refractivity contribution is 0.106. The number of rotatable bonds is 4. The molecule has 0 aliphatic carbocycles. The quantitative estimate of drug-likeness (QED) is 0.721. The van der Waals surface area contributed by atoms with Crippen molar-refractivity contribution in [1.29, 1.82) is 0 Å². The third-order valence-electron chi connectivity index (χ3n) is 1.93. The summed E-state index contributed by atoms with van der Waals surface area (Å²) in [5, 5.41) is 11.1. The predicted molar refractivity (Wildman–Crippen MR) is 55.9 cm³/mol. The Morgan fingerprint density at radius 2 is 1.71 bits per heavy atom. The first-order chi connectivity index (χ1) is 6.59. The minimum absolute atomic E-state index is 0.521. The Hall–Kier alpha value is -1.02. The fourth-order valence-corrected chi connectivity index (χ4v) is 1.10. The average molecular weight is 193 g/mol. The molecule has 77 valence electrons. The summed E-state index contributed by atoms with van der Waals surface area (Å²) < 4.78 is 5.50. The third kappa shape index (κ3) is 3.38. The van der Waals surface area contributed by atoms with Crippen LogP contribution in [0.2, 0.25) is 0 Å². The Bertz CT molecular complexity index is 262. The van der Waals surface area contributed by atoms with E-state index in [-0.39, 0.29) is 0 Å². The summed E-state index contributed by atoms with van der Waals surface area (Å²) in [6.45, 7) is 6.57. The molecule has 0 fully saturated rings. The molecular formula is C12H17O2. The molecule has 2 heteroatoms. The smallest absolute Gasteiger partial charge is 0.119 e. The van der Waals surface area contributed by atoms with E-state index in [1.807, 2.05) is 24.3 Å². The van der Waals surface area contributed by atoms with Crippen molar-refractivity contribution in [1.82, 2.24) is 0 Å². The number of benzene rings is 1. The highest BCUT2D eigenvalue weighted by molar-refractivity contribution is 5.28. The summed E-state index contributed by atoms with van der Waals surface area (Å²) in [4.78, 5) is 0. The van der Waals surface area contributed by atoms with Crippen molar-refractivity contribution < 1.29 is 9.84 Å². The van der Waals surface area contributed by atoms with Crippen LogP contribution in [-0.4, -0.2) is 6.61 Å². The van der Waals surface area contributed by atoms with Gasteiger partial charge < -0.3 is 4.74 Å². The molecule has 0 saturated carbocycles. The lowest BCUT2D eigenvalue weighted by atomic mass is 10.1. The molecule has 1 aromatic carbocycles. The van der Waals surface area contributed by atoms with Crippen LogP contribution in [-0.2, 0) is 5.11 Å². The Morgan fingerprint density at radius 3 is 2.14 bits per heavy atom. The van der Waals surface area contributed by atoms with E-state index in [2.05, 4.69) is 13.8 Å². The van der Waals surface area contributed by atoms with Crippen LogP contribution in [0.1, 0.15) is 32.4 Å². The van der Waals surface area contributed by atoms with Gasteiger partial charge >= 0.3 is 0 Å². The van der Waals surface area contributed by atoms with Gasteiger partial charge in [0.1, 0.15) is 11.9 Å². The second-order valence-electron chi connectivity index (χ2n) is 3.92. The molecule has 14 heavy (non-hydrogen) atoms. The fraction of sp³-hybridized carbons (Fsp3) is 0.500. The third-order valence-corrected chi connectivity index (χ3v) is 1.93. The fourth-order valence-electron chi connectivity index (χ4n) is 1.10. The molecule has 1 unspecified atom stereocenters. The van der Waals surface area contributed by atoms with E-state index in [0.717, 1.165) is 11.3 Å². The topological polar surface area (TPSA) is 29.1 Å². The second kappa shape index (κ2) is 5.01. The van der Waals surface area contributed by atoms with Gasteiger partial charge in [-0.3, -0.25) is 0 Å². The summed E-state index contributed by atoms with van der Waals surface area (Å²) in [6, 6.07) is 7.36. The van der Waals surface area contributed by atoms with Crippen LogP contribution < -0.4 is 4.74 Å². The van der Waals surface area contributed by atoms with Crippen molar-refractivity contribution >= 4 is 0 Å². The van der Waals surface area contributed by atoms with Gasteiger partial charge in [-0.05, 0) is 30.5 Å². The summed E-state index contributed by atoms with van der Waals surface area (Å²) in [7, 11) is 0. The maximum atomic E-state index is 11.1. The van der Waals surface area contributed by atoms with Gasteiger partial charge in [-0.15, -0.1) is 0 Å². The molecule has 1 atom stereocenters. The molecule has 1 rings (SSSR count). The maximum absolute atomic E-state index is 11.1. The van der Waals surface area contributed by atoms with E-state index < -0.39 is 6.10 Å². The van der Waals surface area contributed by atoms with Crippen LogP contribution in [0.4, 0.5) is 0 Å². The zero-order valence-corrected chi connectivity index (χ0v) is 8.99. The SMILES string of the molecule is CC(C)COc1ccc(C(C)[O])cc1. The zero-order chi connectivity index (χ0) is 10.6. The Kier molecular flexibility index (Phi) is 3.96. The van der Waals surface area contributed by atoms with Gasteiger partial charge in [0, 0.05) is 0 Å². The van der Waals surface area contributed by atoms with Gasteiger partial charge in [-0.2, -0.15) is 0 Å². The molecule has 1 radical (unpaired) electrons. The maximum Gasteiger partial charge on any atom is 0.119 e. The summed E-state index contributed by atoms with van der Waals surface area (Å²) in [5.74, 6) is 1.36. The first-order valence-electron chi connectivity index (χ1n) is 4.98. The molecule has 1 aromatic rings. The first-order valence-corrected chi connectivity index (χ1v) is 4.98. The molecule has 0 heterocycles. The van der Waals surface area contributed by atoms with E-state index in [9.17, 15) is 5.11 Å². The standard InChI is InChI=1S/C12H17O2/c1-9(2)8-14-12-6-4-11(5-7-12)10(3)13/h4-7,9-10H,8H2,1-3H3. The van der Waals surface area contributed by atoms with Gasteiger partial charge in [0.05, 0.1) is 6.61 Å². The van der Waals surface area contributed by atoms with E-state index in [1.54, 1.807) is 6.92 Å². The van der Waals surface area contributed by atoms with Crippen molar-refractivity contribution in [2.75, 3.05) is 6.61 Å². The van der Waals surface area contributed by atoms with Gasteiger partial charge in [0.15, 0.2) is 0 Å². The monoisotopic (exact) mass is 193 g/mol. The van der Waals surface area contributed by atoms with Crippen LogP contribution in [0.25, 0.3) is 0 Å². The highest BCUT2D eigenvalue weighted by Gasteiger charge is 2.02. The molecule has 2 nitrogen and oxygen atoms in total. The largest absolute Gasteiger partial charge is 0.493 e. The predicted octanol–water partition coefficient (Wildman–Crippen LogP) is 3.21. The van der Waals surface area contributed by atoms with Crippen LogP contribution in [0.15, 0.2) is 24.3 Å². The Morgan fingerprint density at radius 1 is 1.14 bits per heavy atom. The molecule has 0 amide bonds. The summed E-state index contributed by atoms with van der Waals surface area (Å²) in [6.07, 6.45) is -0.658. The lowest BCUT2D eigenvalue weighted by Gasteiger charge is -2.09. The van der Waals surface area contributed by atoms with Gasteiger partial charge in [0.2, 0.25) is 0 Å². The lowest BCUT2D eigenvalue weighted by Crippen LogP contribution is -2.04. The molecule has 0 aromatic heterocycles. The second-order valence-corrected chi connectivity index (χ2v) is 3.92. The average Bonchev–Trinajstić information content (AvgIpc) is 2.15. The molecule has 0 bridgehead atoms. The van der Waals surface area contributed by atoms with Crippen molar-refractivity contribution in [2.24, 2.45) is 5.92 Å². The molecule has 0 aliphatic rings. The van der Waals surface area contributed by atoms with Crippen LogP contribution in [0, 0.1) is 5.92 Å². The van der Waals surface area contributed by atoms with E-state index in [4.69, 9.17) is 4.74 Å². The number of ether oxygens (including phenoxy) is 1. The molecule has 0 aliphatic heterocycles. The van der Waals surface area contributed by atoms with Crippen LogP contribution >= 0.6 is 0 Å². The zero-order valence-electron chi connectivity index (χ0n) is 8.99. The Balaban J connectivity index is 2.55. The minimum atomic E-state index is -0.658. The highest BCUT2D eigenvalue weighted by Crippen LogP contribution is 2.17. The van der Waals surface area contributed by atoms with E-state index in [0.29, 0.717) is 12.5 Å². The molecule has 0 saturated heterocycles. The van der Waals surface area contributed by atoms with Gasteiger partial charge in [-0.25, -0.2) is 5.11 Å². The van der Waals surface area contributed by atoms with Crippen molar-refractivity contribution in [3.8, 4) is 5.75 Å². The Labute approximate surface area is 85.5 Å². The van der Waals surface area contributed by atoms with E-state index in [1.165, 1.54) is 0 Å². The van der Waals surface area contributed by atoms with Gasteiger partial charge in [0.25, 0.3) is 0 Å². The molecule has 0 spiro atoms. The molecular weight excluding hydrogens is 176 g/mol. The van der Waals surface area contributed by atoms with Crippen LogP contribution in [0.5, 0.6) is 5.75 Å². The van der Waals surface area contributed by atoms with Gasteiger partial charge in [-0.1, -0.05) is 26.0 Å².